The topological polar surface area (TPSA) is 46.1 Å². The molecule has 0 saturated heterocycles. The number of aromatic nitrogens is 1. The Morgan fingerprint density at radius 2 is 1.92 bits per heavy atom. The van der Waals surface area contributed by atoms with E-state index in [2.05, 4.69) is 64.7 Å². The molecule has 2 aromatic carbocycles. The van der Waals surface area contributed by atoms with Gasteiger partial charge in [-0.25, -0.2) is 0 Å². The van der Waals surface area contributed by atoms with Crippen molar-refractivity contribution in [2.45, 2.75) is 32.9 Å². The SMILES string of the molecule is Cc1cc(-c2cccc3c2N[C@H](C)CC(=O)N3)cn1Cc1ccccc1. The molecule has 2 N–H and O–H groups in total. The molecule has 0 fully saturated rings. The quantitative estimate of drug-likeness (QED) is 0.725. The Balaban J connectivity index is 1.72. The number of anilines is 2. The van der Waals surface area contributed by atoms with Gasteiger partial charge >= 0.3 is 0 Å². The summed E-state index contributed by atoms with van der Waals surface area (Å²) in [4.78, 5) is 12.0. The van der Waals surface area contributed by atoms with Gasteiger partial charge in [-0.1, -0.05) is 42.5 Å². The molecule has 0 aliphatic carbocycles. The molecule has 3 aromatic rings. The van der Waals surface area contributed by atoms with Crippen LogP contribution >= 0.6 is 0 Å². The number of hydrogen-bond donors (Lipinski definition) is 2. The molecule has 26 heavy (non-hydrogen) atoms. The first kappa shape index (κ1) is 16.5. The van der Waals surface area contributed by atoms with Crippen LogP contribution < -0.4 is 10.6 Å². The molecule has 1 atom stereocenters. The summed E-state index contributed by atoms with van der Waals surface area (Å²) in [5.41, 5.74) is 6.63. The van der Waals surface area contributed by atoms with E-state index in [9.17, 15) is 4.79 Å². The highest BCUT2D eigenvalue weighted by Gasteiger charge is 2.20. The van der Waals surface area contributed by atoms with Gasteiger partial charge in [-0.05, 0) is 31.5 Å². The van der Waals surface area contributed by atoms with Crippen molar-refractivity contribution < 1.29 is 4.79 Å². The van der Waals surface area contributed by atoms with Crippen LogP contribution in [0.25, 0.3) is 11.1 Å². The molecule has 0 spiro atoms. The number of fused-ring (bicyclic) bond motifs is 1. The normalized spacial score (nSPS) is 16.4. The van der Waals surface area contributed by atoms with Gasteiger partial charge in [0.05, 0.1) is 11.4 Å². The van der Waals surface area contributed by atoms with Crippen molar-refractivity contribution in [2.24, 2.45) is 0 Å². The van der Waals surface area contributed by atoms with E-state index in [0.29, 0.717) is 6.42 Å². The minimum Gasteiger partial charge on any atom is -0.380 e. The lowest BCUT2D eigenvalue weighted by Gasteiger charge is -2.15. The van der Waals surface area contributed by atoms with E-state index in [-0.39, 0.29) is 11.9 Å². The van der Waals surface area contributed by atoms with Gasteiger partial charge in [0.15, 0.2) is 0 Å². The van der Waals surface area contributed by atoms with Crippen LogP contribution in [0, 0.1) is 6.92 Å². The number of aryl methyl sites for hydroxylation is 1. The Kier molecular flexibility index (Phi) is 4.25. The molecule has 0 radical (unpaired) electrons. The third-order valence-corrected chi connectivity index (χ3v) is 4.84. The van der Waals surface area contributed by atoms with E-state index in [4.69, 9.17) is 0 Å². The lowest BCUT2D eigenvalue weighted by Crippen LogP contribution is -2.19. The van der Waals surface area contributed by atoms with Gasteiger partial charge in [-0.2, -0.15) is 0 Å². The van der Waals surface area contributed by atoms with Crippen LogP contribution in [-0.4, -0.2) is 16.5 Å². The standard InChI is InChI=1S/C22H23N3O/c1-15-11-21(26)24-20-10-6-9-19(22(20)23-15)18-12-16(2)25(14-18)13-17-7-4-3-5-8-17/h3-10,12,14-15,23H,11,13H2,1-2H3,(H,24,26)/t15-/m1/s1. The molecular formula is C22H23N3O. The molecule has 0 bridgehead atoms. The number of amides is 1. The Hall–Kier alpha value is -3.01. The van der Waals surface area contributed by atoms with Gasteiger partial charge < -0.3 is 15.2 Å². The average molecular weight is 345 g/mol. The summed E-state index contributed by atoms with van der Waals surface area (Å²) in [5.74, 6) is 0.0544. The number of carbonyl (C=O) groups is 1. The van der Waals surface area contributed by atoms with E-state index in [1.807, 2.05) is 25.1 Å². The van der Waals surface area contributed by atoms with Crippen LogP contribution in [0.5, 0.6) is 0 Å². The molecule has 0 saturated carbocycles. The summed E-state index contributed by atoms with van der Waals surface area (Å²) in [6, 6.07) is 18.8. The Labute approximate surface area is 153 Å². The Morgan fingerprint density at radius 1 is 1.12 bits per heavy atom. The van der Waals surface area contributed by atoms with E-state index in [1.165, 1.54) is 11.3 Å². The number of nitrogens with one attached hydrogen (secondary N) is 2. The summed E-state index contributed by atoms with van der Waals surface area (Å²) in [6.45, 7) is 5.02. The second kappa shape index (κ2) is 6.71. The lowest BCUT2D eigenvalue weighted by atomic mass is 10.0. The highest BCUT2D eigenvalue weighted by atomic mass is 16.1. The average Bonchev–Trinajstić information content (AvgIpc) is 2.89. The highest BCUT2D eigenvalue weighted by Crippen LogP contribution is 2.37. The smallest absolute Gasteiger partial charge is 0.226 e. The fourth-order valence-electron chi connectivity index (χ4n) is 3.54. The van der Waals surface area contributed by atoms with Crippen molar-refractivity contribution in [2.75, 3.05) is 10.6 Å². The molecule has 4 nitrogen and oxygen atoms in total. The molecule has 1 aliphatic rings. The fraction of sp³-hybridized carbons (Fsp3) is 0.227. The lowest BCUT2D eigenvalue weighted by molar-refractivity contribution is -0.116. The zero-order valence-corrected chi connectivity index (χ0v) is 15.1. The van der Waals surface area contributed by atoms with Crippen LogP contribution in [0.4, 0.5) is 11.4 Å². The van der Waals surface area contributed by atoms with Gasteiger partial charge in [0.2, 0.25) is 5.91 Å². The van der Waals surface area contributed by atoms with Gasteiger partial charge in [0, 0.05) is 42.0 Å². The largest absolute Gasteiger partial charge is 0.380 e. The molecular weight excluding hydrogens is 322 g/mol. The molecule has 4 rings (SSSR count). The molecule has 1 amide bonds. The van der Waals surface area contributed by atoms with E-state index in [1.54, 1.807) is 0 Å². The maximum atomic E-state index is 12.0. The molecule has 1 aliphatic heterocycles. The summed E-state index contributed by atoms with van der Waals surface area (Å²) in [5, 5.41) is 6.52. The second-order valence-corrected chi connectivity index (χ2v) is 7.01. The first-order chi connectivity index (χ1) is 12.6. The van der Waals surface area contributed by atoms with E-state index >= 15 is 0 Å². The number of rotatable bonds is 3. The molecule has 0 unspecified atom stereocenters. The first-order valence-electron chi connectivity index (χ1n) is 9.00. The predicted molar refractivity (Wildman–Crippen MR) is 106 cm³/mol. The highest BCUT2D eigenvalue weighted by molar-refractivity contribution is 6.00. The van der Waals surface area contributed by atoms with Crippen LogP contribution in [0.15, 0.2) is 60.8 Å². The number of benzene rings is 2. The maximum absolute atomic E-state index is 12.0. The third kappa shape index (κ3) is 3.23. The van der Waals surface area contributed by atoms with Crippen LogP contribution in [-0.2, 0) is 11.3 Å². The summed E-state index contributed by atoms with van der Waals surface area (Å²) < 4.78 is 2.27. The molecule has 132 valence electrons. The molecule has 1 aromatic heterocycles. The third-order valence-electron chi connectivity index (χ3n) is 4.84. The minimum atomic E-state index is 0.0544. The van der Waals surface area contributed by atoms with Crippen molar-refractivity contribution in [1.29, 1.82) is 0 Å². The van der Waals surface area contributed by atoms with Gasteiger partial charge in [-0.15, -0.1) is 0 Å². The van der Waals surface area contributed by atoms with Crippen molar-refractivity contribution in [3.05, 3.63) is 72.1 Å². The van der Waals surface area contributed by atoms with Crippen LogP contribution in [0.1, 0.15) is 24.6 Å². The van der Waals surface area contributed by atoms with Gasteiger partial charge in [-0.3, -0.25) is 4.79 Å². The van der Waals surface area contributed by atoms with E-state index in [0.717, 1.165) is 29.0 Å². The van der Waals surface area contributed by atoms with Crippen molar-refractivity contribution in [3.8, 4) is 11.1 Å². The van der Waals surface area contributed by atoms with Crippen LogP contribution in [0.2, 0.25) is 0 Å². The zero-order valence-electron chi connectivity index (χ0n) is 15.1. The molecule has 4 heteroatoms. The van der Waals surface area contributed by atoms with Crippen molar-refractivity contribution >= 4 is 17.3 Å². The summed E-state index contributed by atoms with van der Waals surface area (Å²) >= 11 is 0. The maximum Gasteiger partial charge on any atom is 0.226 e. The van der Waals surface area contributed by atoms with Gasteiger partial charge in [0.1, 0.15) is 0 Å². The van der Waals surface area contributed by atoms with Crippen LogP contribution in [0.3, 0.4) is 0 Å². The molecule has 2 heterocycles. The fourth-order valence-corrected chi connectivity index (χ4v) is 3.54. The summed E-state index contributed by atoms with van der Waals surface area (Å²) in [6.07, 6.45) is 2.67. The number of para-hydroxylation sites is 1. The van der Waals surface area contributed by atoms with E-state index < -0.39 is 0 Å². The number of carbonyl (C=O) groups excluding carboxylic acids is 1. The second-order valence-electron chi connectivity index (χ2n) is 7.01. The first-order valence-corrected chi connectivity index (χ1v) is 9.00. The minimum absolute atomic E-state index is 0.0544. The summed E-state index contributed by atoms with van der Waals surface area (Å²) in [7, 11) is 0. The van der Waals surface area contributed by atoms with Crippen molar-refractivity contribution in [1.82, 2.24) is 4.57 Å². The van der Waals surface area contributed by atoms with Gasteiger partial charge in [0.25, 0.3) is 0 Å². The Bertz CT molecular complexity index is 943. The Morgan fingerprint density at radius 3 is 2.73 bits per heavy atom. The number of hydrogen-bond acceptors (Lipinski definition) is 2. The zero-order chi connectivity index (χ0) is 18.1. The number of nitrogens with zero attached hydrogens (tertiary/aromatic N) is 1. The van der Waals surface area contributed by atoms with Crippen molar-refractivity contribution in [3.63, 3.8) is 0 Å². The monoisotopic (exact) mass is 345 g/mol. The predicted octanol–water partition coefficient (Wildman–Crippen LogP) is 4.65.